The van der Waals surface area contributed by atoms with E-state index in [0.29, 0.717) is 17.7 Å². The molecule has 3 aliphatic heterocycles. The van der Waals surface area contributed by atoms with Crippen molar-refractivity contribution < 1.29 is 14.1 Å². The summed E-state index contributed by atoms with van der Waals surface area (Å²) in [6, 6.07) is 0. The number of hydrogen-bond acceptors (Lipinski definition) is 6. The third kappa shape index (κ3) is 4.06. The predicted molar refractivity (Wildman–Crippen MR) is 89.9 cm³/mol. The normalized spacial score (nSPS) is 25.9. The number of carbonyl (C=O) groups is 1. The van der Waals surface area contributed by atoms with Crippen molar-refractivity contribution in [3.63, 3.8) is 0 Å². The number of hydrogen-bond donors (Lipinski definition) is 1. The van der Waals surface area contributed by atoms with Crippen molar-refractivity contribution in [1.29, 1.82) is 0 Å². The molecule has 0 radical (unpaired) electrons. The highest BCUT2D eigenvalue weighted by Gasteiger charge is 2.38. The average molecular weight is 336 g/mol. The number of piperidine rings is 3. The molecule has 2 bridgehead atoms. The van der Waals surface area contributed by atoms with E-state index in [0.717, 1.165) is 32.2 Å². The smallest absolute Gasteiger partial charge is 0.414 e. The molecule has 0 aliphatic carbocycles. The second kappa shape index (κ2) is 7.96. The van der Waals surface area contributed by atoms with E-state index >= 15 is 0 Å². The standard InChI is InChI=1S/C17H28N4O3/c1-3-5-13(6-4-2)23-17(22)19-16-18-15(24-20-16)14-11-21-9-7-12(14)8-10-21/h12-14H,3-11H2,1-2H3,(H,19,20,22). The number of aromatic nitrogens is 2. The molecule has 7 heteroatoms. The van der Waals surface area contributed by atoms with Gasteiger partial charge in [0.05, 0.1) is 5.92 Å². The second-order valence-electron chi connectivity index (χ2n) is 6.93. The van der Waals surface area contributed by atoms with Gasteiger partial charge in [-0.25, -0.2) is 4.79 Å². The lowest BCUT2D eigenvalue weighted by Crippen LogP contribution is -2.46. The van der Waals surface area contributed by atoms with Gasteiger partial charge in [-0.2, -0.15) is 4.98 Å². The molecule has 1 aromatic rings. The Hall–Kier alpha value is -1.63. The number of amides is 1. The van der Waals surface area contributed by atoms with Gasteiger partial charge in [-0.15, -0.1) is 0 Å². The molecule has 1 aromatic heterocycles. The molecule has 7 nitrogen and oxygen atoms in total. The Morgan fingerprint density at radius 2 is 2.04 bits per heavy atom. The van der Waals surface area contributed by atoms with E-state index in [2.05, 4.69) is 34.2 Å². The predicted octanol–water partition coefficient (Wildman–Crippen LogP) is 3.40. The molecule has 24 heavy (non-hydrogen) atoms. The number of anilines is 1. The molecule has 3 aliphatic rings. The maximum Gasteiger partial charge on any atom is 0.414 e. The summed E-state index contributed by atoms with van der Waals surface area (Å²) in [7, 11) is 0. The summed E-state index contributed by atoms with van der Waals surface area (Å²) in [5.74, 6) is 1.75. The molecule has 0 aromatic carbocycles. The van der Waals surface area contributed by atoms with Crippen LogP contribution >= 0.6 is 0 Å². The number of ether oxygens (including phenoxy) is 1. The van der Waals surface area contributed by atoms with E-state index in [9.17, 15) is 4.79 Å². The van der Waals surface area contributed by atoms with Gasteiger partial charge in [0, 0.05) is 6.54 Å². The average Bonchev–Trinajstić information content (AvgIpc) is 3.04. The molecule has 0 spiro atoms. The maximum atomic E-state index is 12.0. The quantitative estimate of drug-likeness (QED) is 0.822. The van der Waals surface area contributed by atoms with Crippen molar-refractivity contribution in [3.8, 4) is 0 Å². The third-order valence-electron chi connectivity index (χ3n) is 5.12. The number of nitrogens with zero attached hydrogens (tertiary/aromatic N) is 3. The van der Waals surface area contributed by atoms with Crippen LogP contribution in [0.3, 0.4) is 0 Å². The van der Waals surface area contributed by atoms with Crippen LogP contribution in [0, 0.1) is 5.92 Å². The Balaban J connectivity index is 1.54. The largest absolute Gasteiger partial charge is 0.446 e. The zero-order chi connectivity index (χ0) is 16.9. The summed E-state index contributed by atoms with van der Waals surface area (Å²) in [6.07, 6.45) is 5.56. The van der Waals surface area contributed by atoms with Crippen LogP contribution in [0.15, 0.2) is 4.52 Å². The van der Waals surface area contributed by atoms with E-state index in [4.69, 9.17) is 9.26 Å². The van der Waals surface area contributed by atoms with Crippen LogP contribution < -0.4 is 5.32 Å². The van der Waals surface area contributed by atoms with E-state index in [1.807, 2.05) is 0 Å². The number of carbonyl (C=O) groups excluding carboxylic acids is 1. The first-order valence-corrected chi connectivity index (χ1v) is 9.23. The molecule has 1 amide bonds. The van der Waals surface area contributed by atoms with Crippen molar-refractivity contribution in [3.05, 3.63) is 5.89 Å². The van der Waals surface area contributed by atoms with Crippen LogP contribution in [0.4, 0.5) is 10.7 Å². The number of fused-ring (bicyclic) bond motifs is 3. The van der Waals surface area contributed by atoms with Gasteiger partial charge in [0.15, 0.2) is 0 Å². The highest BCUT2D eigenvalue weighted by molar-refractivity contribution is 5.82. The summed E-state index contributed by atoms with van der Waals surface area (Å²) in [5.41, 5.74) is 0. The van der Waals surface area contributed by atoms with Crippen molar-refractivity contribution in [2.24, 2.45) is 5.92 Å². The van der Waals surface area contributed by atoms with Crippen molar-refractivity contribution >= 4 is 12.0 Å². The number of nitrogens with one attached hydrogen (secondary N) is 1. The lowest BCUT2D eigenvalue weighted by molar-refractivity contribution is 0.0727. The molecule has 1 unspecified atom stereocenters. The van der Waals surface area contributed by atoms with Crippen LogP contribution in [0.2, 0.25) is 0 Å². The molecule has 3 fully saturated rings. The van der Waals surface area contributed by atoms with Crippen molar-refractivity contribution in [2.75, 3.05) is 25.0 Å². The monoisotopic (exact) mass is 336 g/mol. The lowest BCUT2D eigenvalue weighted by atomic mass is 9.79. The molecule has 4 rings (SSSR count). The minimum atomic E-state index is -0.497. The summed E-state index contributed by atoms with van der Waals surface area (Å²) in [4.78, 5) is 18.8. The van der Waals surface area contributed by atoms with E-state index < -0.39 is 6.09 Å². The van der Waals surface area contributed by atoms with Crippen LogP contribution in [-0.2, 0) is 4.74 Å². The van der Waals surface area contributed by atoms with E-state index in [-0.39, 0.29) is 12.1 Å². The van der Waals surface area contributed by atoms with Gasteiger partial charge in [0.2, 0.25) is 5.89 Å². The fraction of sp³-hybridized carbons (Fsp3) is 0.824. The van der Waals surface area contributed by atoms with Gasteiger partial charge in [-0.1, -0.05) is 26.7 Å². The molecule has 1 atom stereocenters. The topological polar surface area (TPSA) is 80.5 Å². The lowest BCUT2D eigenvalue weighted by Gasteiger charge is -2.43. The van der Waals surface area contributed by atoms with Gasteiger partial charge < -0.3 is 14.2 Å². The van der Waals surface area contributed by atoms with Crippen molar-refractivity contribution in [2.45, 2.75) is 64.4 Å². The van der Waals surface area contributed by atoms with Gasteiger partial charge in [-0.05, 0) is 49.8 Å². The first-order valence-electron chi connectivity index (χ1n) is 9.23. The zero-order valence-electron chi connectivity index (χ0n) is 14.7. The zero-order valence-corrected chi connectivity index (χ0v) is 14.7. The minimum absolute atomic E-state index is 0.0479. The Labute approximate surface area is 143 Å². The Kier molecular flexibility index (Phi) is 5.71. The van der Waals surface area contributed by atoms with Gasteiger partial charge in [-0.3, -0.25) is 5.32 Å². The molecule has 3 saturated heterocycles. The first kappa shape index (κ1) is 17.2. The van der Waals surface area contributed by atoms with Crippen LogP contribution in [0.5, 0.6) is 0 Å². The Morgan fingerprint density at radius 3 is 2.62 bits per heavy atom. The van der Waals surface area contributed by atoms with Crippen LogP contribution in [0.25, 0.3) is 0 Å². The molecule has 0 saturated carbocycles. The molecule has 4 heterocycles. The van der Waals surface area contributed by atoms with Crippen molar-refractivity contribution in [1.82, 2.24) is 15.0 Å². The van der Waals surface area contributed by atoms with Gasteiger partial charge in [0.25, 0.3) is 5.95 Å². The fourth-order valence-corrected chi connectivity index (χ4v) is 3.86. The Bertz CT molecular complexity index is 534. The van der Waals surface area contributed by atoms with E-state index in [1.165, 1.54) is 25.9 Å². The summed E-state index contributed by atoms with van der Waals surface area (Å²) in [5, 5.41) is 6.50. The van der Waals surface area contributed by atoms with Gasteiger partial charge in [0.1, 0.15) is 6.10 Å². The third-order valence-corrected chi connectivity index (χ3v) is 5.12. The van der Waals surface area contributed by atoms with Crippen LogP contribution in [-0.4, -0.2) is 46.9 Å². The molecule has 1 N–H and O–H groups in total. The first-order chi connectivity index (χ1) is 11.7. The summed E-state index contributed by atoms with van der Waals surface area (Å²) in [6.45, 7) is 7.49. The van der Waals surface area contributed by atoms with E-state index in [1.54, 1.807) is 0 Å². The SMILES string of the molecule is CCCC(CCC)OC(=O)Nc1noc(C2CN3CCC2CC3)n1. The summed E-state index contributed by atoms with van der Waals surface area (Å²) >= 11 is 0. The Morgan fingerprint density at radius 1 is 1.33 bits per heavy atom. The number of rotatable bonds is 7. The fourth-order valence-electron chi connectivity index (χ4n) is 3.86. The minimum Gasteiger partial charge on any atom is -0.446 e. The van der Waals surface area contributed by atoms with Gasteiger partial charge >= 0.3 is 6.09 Å². The second-order valence-corrected chi connectivity index (χ2v) is 6.93. The molecule has 134 valence electrons. The summed E-state index contributed by atoms with van der Waals surface area (Å²) < 4.78 is 10.9. The molecular formula is C17H28N4O3. The highest BCUT2D eigenvalue weighted by Crippen LogP contribution is 2.38. The highest BCUT2D eigenvalue weighted by atomic mass is 16.6. The van der Waals surface area contributed by atoms with Crippen LogP contribution in [0.1, 0.15) is 64.2 Å². The molecular weight excluding hydrogens is 308 g/mol. The maximum absolute atomic E-state index is 12.0.